The van der Waals surface area contributed by atoms with Gasteiger partial charge in [-0.25, -0.2) is 0 Å². The molecule has 0 aliphatic rings. The maximum atomic E-state index is 5.30. The Kier molecular flexibility index (Phi) is 3.27. The van der Waals surface area contributed by atoms with Crippen LogP contribution >= 0.6 is 12.2 Å². The van der Waals surface area contributed by atoms with E-state index in [0.717, 1.165) is 10.6 Å². The average Bonchev–Trinajstić information content (AvgIpc) is 2.02. The zero-order chi connectivity index (χ0) is 10.8. The Morgan fingerprint density at radius 2 is 1.64 bits per heavy atom. The van der Waals surface area contributed by atoms with Gasteiger partial charge < -0.3 is 5.32 Å². The molecule has 14 heavy (non-hydrogen) atoms. The van der Waals surface area contributed by atoms with Crippen LogP contribution in [0.25, 0.3) is 0 Å². The third kappa shape index (κ3) is 3.46. The molecular weight excluding hydrogens is 190 g/mol. The van der Waals surface area contributed by atoms with Gasteiger partial charge in [-0.3, -0.25) is 0 Å². The molecule has 1 aromatic rings. The summed E-state index contributed by atoms with van der Waals surface area (Å²) in [5.41, 5.74) is 2.37. The van der Waals surface area contributed by atoms with Gasteiger partial charge >= 0.3 is 0 Å². The van der Waals surface area contributed by atoms with Crippen molar-refractivity contribution in [2.75, 3.05) is 0 Å². The van der Waals surface area contributed by atoms with E-state index in [1.807, 2.05) is 0 Å². The summed E-state index contributed by atoms with van der Waals surface area (Å²) in [6.45, 7) is 8.39. The first-order chi connectivity index (χ1) is 6.38. The predicted molar refractivity (Wildman–Crippen MR) is 65.8 cm³/mol. The molecule has 76 valence electrons. The fourth-order valence-corrected chi connectivity index (χ4v) is 1.56. The highest BCUT2D eigenvalue weighted by molar-refractivity contribution is 7.80. The second-order valence-corrected chi connectivity index (χ2v) is 4.98. The van der Waals surface area contributed by atoms with E-state index in [2.05, 4.69) is 57.3 Å². The second kappa shape index (κ2) is 4.09. The first-order valence-electron chi connectivity index (χ1n) is 4.78. The van der Waals surface area contributed by atoms with Crippen LogP contribution in [0.5, 0.6) is 0 Å². The maximum absolute atomic E-state index is 5.30. The molecule has 0 atom stereocenters. The van der Waals surface area contributed by atoms with Crippen LogP contribution in [0.4, 0.5) is 0 Å². The average molecular weight is 207 g/mol. The topological polar surface area (TPSA) is 12.0 Å². The van der Waals surface area contributed by atoms with Crippen molar-refractivity contribution in [1.82, 2.24) is 5.32 Å². The van der Waals surface area contributed by atoms with Crippen molar-refractivity contribution in [2.45, 2.75) is 33.2 Å². The molecule has 0 unspecified atom stereocenters. The summed E-state index contributed by atoms with van der Waals surface area (Å²) in [5, 5.41) is 3.29. The normalized spacial score (nSPS) is 11.1. The largest absolute Gasteiger partial charge is 0.371 e. The van der Waals surface area contributed by atoms with E-state index in [1.165, 1.54) is 5.56 Å². The van der Waals surface area contributed by atoms with Crippen LogP contribution in [0.1, 0.15) is 31.9 Å². The molecule has 0 aliphatic carbocycles. The molecule has 0 aliphatic heterocycles. The van der Waals surface area contributed by atoms with Gasteiger partial charge in [-0.1, -0.05) is 42.0 Å². The minimum absolute atomic E-state index is 0.0297. The van der Waals surface area contributed by atoms with E-state index >= 15 is 0 Å². The molecule has 1 N–H and O–H groups in total. The maximum Gasteiger partial charge on any atom is 0.106 e. The standard InChI is InChI=1S/C12H17NS/c1-9-5-7-10(8-6-9)11(14)13-12(2,3)4/h5-8H,1-4H3,(H,13,14). The van der Waals surface area contributed by atoms with Gasteiger partial charge in [0.2, 0.25) is 0 Å². The fourth-order valence-electron chi connectivity index (χ4n) is 1.12. The monoisotopic (exact) mass is 207 g/mol. The highest BCUT2D eigenvalue weighted by Gasteiger charge is 2.11. The van der Waals surface area contributed by atoms with Crippen molar-refractivity contribution in [3.8, 4) is 0 Å². The van der Waals surface area contributed by atoms with Crippen molar-refractivity contribution in [3.05, 3.63) is 35.4 Å². The van der Waals surface area contributed by atoms with Crippen LogP contribution in [0.15, 0.2) is 24.3 Å². The number of aryl methyl sites for hydroxylation is 1. The molecule has 0 saturated heterocycles. The molecule has 1 rings (SSSR count). The smallest absolute Gasteiger partial charge is 0.106 e. The van der Waals surface area contributed by atoms with Crippen molar-refractivity contribution in [3.63, 3.8) is 0 Å². The van der Waals surface area contributed by atoms with Crippen molar-refractivity contribution >= 4 is 17.2 Å². The summed E-state index contributed by atoms with van der Waals surface area (Å²) in [4.78, 5) is 0.817. The fraction of sp³-hybridized carbons (Fsp3) is 0.417. The Morgan fingerprint density at radius 3 is 2.07 bits per heavy atom. The lowest BCUT2D eigenvalue weighted by molar-refractivity contribution is 0.515. The van der Waals surface area contributed by atoms with E-state index < -0.39 is 0 Å². The molecule has 0 heterocycles. The Labute approximate surface area is 91.5 Å². The lowest BCUT2D eigenvalue weighted by Gasteiger charge is -2.22. The van der Waals surface area contributed by atoms with Crippen LogP contribution in [0.3, 0.4) is 0 Å². The van der Waals surface area contributed by atoms with Gasteiger partial charge in [0.1, 0.15) is 4.99 Å². The zero-order valence-corrected chi connectivity index (χ0v) is 10.0. The Hall–Kier alpha value is -0.890. The van der Waals surface area contributed by atoms with Crippen molar-refractivity contribution in [1.29, 1.82) is 0 Å². The van der Waals surface area contributed by atoms with Gasteiger partial charge in [0.25, 0.3) is 0 Å². The molecule has 0 saturated carbocycles. The molecular formula is C12H17NS. The minimum Gasteiger partial charge on any atom is -0.371 e. The molecule has 1 aromatic carbocycles. The van der Waals surface area contributed by atoms with Gasteiger partial charge in [-0.05, 0) is 27.7 Å². The van der Waals surface area contributed by atoms with Crippen LogP contribution < -0.4 is 5.32 Å². The van der Waals surface area contributed by atoms with E-state index in [9.17, 15) is 0 Å². The summed E-state index contributed by atoms with van der Waals surface area (Å²) in [5.74, 6) is 0. The third-order valence-corrected chi connectivity index (χ3v) is 2.14. The molecule has 0 radical (unpaired) electrons. The molecule has 0 amide bonds. The molecule has 0 aromatic heterocycles. The van der Waals surface area contributed by atoms with Crippen LogP contribution in [-0.4, -0.2) is 10.5 Å². The second-order valence-electron chi connectivity index (χ2n) is 4.57. The SMILES string of the molecule is Cc1ccc(C(=S)NC(C)(C)C)cc1. The van der Waals surface area contributed by atoms with E-state index in [4.69, 9.17) is 12.2 Å². The predicted octanol–water partition coefficient (Wildman–Crippen LogP) is 3.06. The van der Waals surface area contributed by atoms with Crippen molar-refractivity contribution < 1.29 is 0 Å². The summed E-state index contributed by atoms with van der Waals surface area (Å²) in [7, 11) is 0. The lowest BCUT2D eigenvalue weighted by Crippen LogP contribution is -2.39. The quantitative estimate of drug-likeness (QED) is 0.710. The zero-order valence-electron chi connectivity index (χ0n) is 9.22. The Morgan fingerprint density at radius 1 is 1.14 bits per heavy atom. The number of nitrogens with one attached hydrogen (secondary N) is 1. The summed E-state index contributed by atoms with van der Waals surface area (Å²) >= 11 is 5.30. The van der Waals surface area contributed by atoms with Gasteiger partial charge in [-0.2, -0.15) is 0 Å². The summed E-state index contributed by atoms with van der Waals surface area (Å²) in [6.07, 6.45) is 0. The number of hydrogen-bond donors (Lipinski definition) is 1. The van der Waals surface area contributed by atoms with Gasteiger partial charge in [0, 0.05) is 11.1 Å². The summed E-state index contributed by atoms with van der Waals surface area (Å²) < 4.78 is 0. The number of hydrogen-bond acceptors (Lipinski definition) is 1. The Bertz CT molecular complexity index is 319. The molecule has 0 bridgehead atoms. The van der Waals surface area contributed by atoms with Gasteiger partial charge in [0.05, 0.1) is 0 Å². The summed E-state index contributed by atoms with van der Waals surface area (Å²) in [6, 6.07) is 8.25. The van der Waals surface area contributed by atoms with E-state index in [1.54, 1.807) is 0 Å². The molecule has 2 heteroatoms. The van der Waals surface area contributed by atoms with Crippen LogP contribution in [0, 0.1) is 6.92 Å². The van der Waals surface area contributed by atoms with Crippen molar-refractivity contribution in [2.24, 2.45) is 0 Å². The number of rotatable bonds is 1. The highest BCUT2D eigenvalue weighted by Crippen LogP contribution is 2.07. The third-order valence-electron chi connectivity index (χ3n) is 1.80. The highest BCUT2D eigenvalue weighted by atomic mass is 32.1. The van der Waals surface area contributed by atoms with Gasteiger partial charge in [-0.15, -0.1) is 0 Å². The lowest BCUT2D eigenvalue weighted by atomic mass is 10.1. The van der Waals surface area contributed by atoms with E-state index in [-0.39, 0.29) is 5.54 Å². The number of benzene rings is 1. The van der Waals surface area contributed by atoms with E-state index in [0.29, 0.717) is 0 Å². The molecule has 0 spiro atoms. The number of thiocarbonyl (C=S) groups is 1. The van der Waals surface area contributed by atoms with Gasteiger partial charge in [0.15, 0.2) is 0 Å². The molecule has 1 nitrogen and oxygen atoms in total. The Balaban J connectivity index is 2.76. The van der Waals surface area contributed by atoms with Crippen LogP contribution in [-0.2, 0) is 0 Å². The first-order valence-corrected chi connectivity index (χ1v) is 5.18. The minimum atomic E-state index is 0.0297. The molecule has 0 fully saturated rings. The van der Waals surface area contributed by atoms with Crippen LogP contribution in [0.2, 0.25) is 0 Å². The first kappa shape index (κ1) is 11.2.